The first-order valence-electron chi connectivity index (χ1n) is 22.8. The fourth-order valence-corrected chi connectivity index (χ4v) is 10.7. The van der Waals surface area contributed by atoms with E-state index in [9.17, 15) is 0 Å². The topological polar surface area (TPSA) is 146 Å². The molecule has 2 N–H and O–H groups in total. The van der Waals surface area contributed by atoms with Crippen LogP contribution >= 0.6 is 92.8 Å². The second-order valence-electron chi connectivity index (χ2n) is 17.0. The first kappa shape index (κ1) is 48.3. The van der Waals surface area contributed by atoms with Crippen molar-refractivity contribution in [2.45, 2.75) is 0 Å². The molecule has 12 nitrogen and oxygen atoms in total. The van der Waals surface area contributed by atoms with Gasteiger partial charge in [-0.25, -0.2) is 29.9 Å². The standard InChI is InChI=1S/C56H26Cl8N8O4/c57-25-13-17-37(33(61)21-25)73-41-9-1-5-29-45(41)53-65-49(29)69-54-46-30(6-2-10-42(46)74-38-18-14-26(58)22-34(38)62)51(66-54)71-56-48-32(8-4-12-44(48)76-40-20-16-28(60)24-36(40)64)52(68-56)72-55-47-31(50(67-55)70-53)7-3-11-43(47)75-39-19-15-27(59)23-35(39)63/h1-24H,(H2,65,66,67,68,69,70,71,72). The fourth-order valence-electron chi connectivity index (χ4n) is 8.90. The Balaban J connectivity index is 1.14. The van der Waals surface area contributed by atoms with Crippen LogP contribution in [0.25, 0.3) is 89.7 Å². The smallest absolute Gasteiger partial charge is 0.168 e. The molecule has 0 amide bonds. The Morgan fingerprint density at radius 3 is 0.961 bits per heavy atom. The minimum absolute atomic E-state index is 0.232. The van der Waals surface area contributed by atoms with Crippen molar-refractivity contribution in [1.29, 1.82) is 0 Å². The van der Waals surface area contributed by atoms with Crippen LogP contribution in [0.2, 0.25) is 40.2 Å². The number of nitrogens with one attached hydrogen (secondary N) is 2. The van der Waals surface area contributed by atoms with Gasteiger partial charge < -0.3 is 28.9 Å². The molecule has 76 heavy (non-hydrogen) atoms. The molecule has 370 valence electrons. The third kappa shape index (κ3) is 8.80. The van der Waals surface area contributed by atoms with Gasteiger partial charge >= 0.3 is 0 Å². The third-order valence-electron chi connectivity index (χ3n) is 12.2. The highest BCUT2D eigenvalue weighted by Crippen LogP contribution is 2.48. The average Bonchev–Trinajstić information content (AvgIpc) is 4.17. The summed E-state index contributed by atoms with van der Waals surface area (Å²) in [5, 5.41) is 5.20. The summed E-state index contributed by atoms with van der Waals surface area (Å²) in [4.78, 5) is 38.3. The fraction of sp³-hybridized carbons (Fsp3) is 0. The molecule has 5 heterocycles. The largest absolute Gasteiger partial charge is 0.455 e. The minimum Gasteiger partial charge on any atom is -0.455 e. The van der Waals surface area contributed by atoms with Crippen LogP contribution in [0, 0.1) is 0 Å². The lowest BCUT2D eigenvalue weighted by atomic mass is 10.1. The maximum Gasteiger partial charge on any atom is 0.168 e. The number of halogens is 8. The van der Waals surface area contributed by atoms with Gasteiger partial charge in [0.15, 0.2) is 23.3 Å². The highest BCUT2D eigenvalue weighted by Gasteiger charge is 2.29. The Hall–Kier alpha value is -7.36. The number of aromatic nitrogens is 8. The monoisotopic (exact) mass is 1150 g/mol. The van der Waals surface area contributed by atoms with Gasteiger partial charge in [0.05, 0.1) is 42.0 Å². The van der Waals surface area contributed by atoms with Crippen LogP contribution < -0.4 is 18.9 Å². The molecular weight excluding hydrogens is 1130 g/mol. The van der Waals surface area contributed by atoms with Crippen molar-refractivity contribution in [3.8, 4) is 91.5 Å². The van der Waals surface area contributed by atoms with E-state index >= 15 is 0 Å². The predicted molar refractivity (Wildman–Crippen MR) is 302 cm³/mol. The van der Waals surface area contributed by atoms with Gasteiger partial charge in [0.1, 0.15) is 68.6 Å². The molecule has 3 aromatic heterocycles. The number of aromatic amines is 2. The Morgan fingerprint density at radius 1 is 0.289 bits per heavy atom. The number of nitrogens with zero attached hydrogens (tertiary/aromatic N) is 6. The van der Waals surface area contributed by atoms with E-state index in [-0.39, 0.29) is 23.3 Å². The van der Waals surface area contributed by atoms with Crippen molar-refractivity contribution in [3.63, 3.8) is 0 Å². The van der Waals surface area contributed by atoms with E-state index in [1.54, 1.807) is 97.1 Å². The van der Waals surface area contributed by atoms with E-state index in [0.29, 0.717) is 153 Å². The van der Waals surface area contributed by atoms with Crippen molar-refractivity contribution in [2.75, 3.05) is 0 Å². The van der Waals surface area contributed by atoms with Gasteiger partial charge in [-0.15, -0.1) is 0 Å². The molecule has 8 bridgehead atoms. The zero-order chi connectivity index (χ0) is 51.9. The Labute approximate surface area is 469 Å². The molecule has 2 aliphatic rings. The van der Waals surface area contributed by atoms with Gasteiger partial charge in [-0.2, -0.15) is 0 Å². The number of fused-ring (bicyclic) bond motifs is 20. The summed E-state index contributed by atoms with van der Waals surface area (Å²) in [5.41, 5.74) is 3.50. The number of hydrogen-bond acceptors (Lipinski definition) is 10. The van der Waals surface area contributed by atoms with Gasteiger partial charge in [-0.3, -0.25) is 0 Å². The van der Waals surface area contributed by atoms with Crippen LogP contribution in [0.1, 0.15) is 0 Å². The second-order valence-corrected chi connectivity index (χ2v) is 20.4. The van der Waals surface area contributed by atoms with E-state index in [1.165, 1.54) is 0 Å². The second kappa shape index (κ2) is 19.3. The highest BCUT2D eigenvalue weighted by atomic mass is 35.5. The molecule has 0 saturated heterocycles. The summed E-state index contributed by atoms with van der Waals surface area (Å²) in [7, 11) is 0. The van der Waals surface area contributed by atoms with Crippen LogP contribution in [-0.4, -0.2) is 39.9 Å². The van der Waals surface area contributed by atoms with Gasteiger partial charge in [-0.1, -0.05) is 141 Å². The molecule has 0 fully saturated rings. The van der Waals surface area contributed by atoms with Crippen LogP contribution in [0.4, 0.5) is 0 Å². The van der Waals surface area contributed by atoms with Crippen molar-refractivity contribution < 1.29 is 18.9 Å². The first-order chi connectivity index (χ1) is 36.9. The van der Waals surface area contributed by atoms with Crippen LogP contribution in [0.15, 0.2) is 146 Å². The summed E-state index contributed by atoms with van der Waals surface area (Å²) in [6.45, 7) is 0. The molecule has 0 unspecified atom stereocenters. The van der Waals surface area contributed by atoms with Crippen molar-refractivity contribution in [3.05, 3.63) is 186 Å². The highest BCUT2D eigenvalue weighted by molar-refractivity contribution is 6.37. The van der Waals surface area contributed by atoms with Crippen molar-refractivity contribution in [2.24, 2.45) is 0 Å². The van der Waals surface area contributed by atoms with Gasteiger partial charge in [0.25, 0.3) is 0 Å². The van der Waals surface area contributed by atoms with Crippen LogP contribution in [-0.2, 0) is 0 Å². The quantitative estimate of drug-likeness (QED) is 0.151. The zero-order valence-electron chi connectivity index (χ0n) is 38.2. The van der Waals surface area contributed by atoms with E-state index < -0.39 is 0 Å². The number of ether oxygens (including phenoxy) is 4. The maximum atomic E-state index is 6.71. The first-order valence-corrected chi connectivity index (χ1v) is 25.8. The van der Waals surface area contributed by atoms with E-state index in [2.05, 4.69) is 9.97 Å². The molecule has 0 radical (unpaired) electrons. The maximum absolute atomic E-state index is 6.71. The lowest BCUT2D eigenvalue weighted by Gasteiger charge is -2.11. The number of benzene rings is 8. The molecule has 20 heteroatoms. The molecule has 11 aromatic rings. The number of H-pyrrole nitrogens is 2. The molecular formula is C56H26Cl8N8O4. The Kier molecular flexibility index (Phi) is 12.3. The molecule has 0 atom stereocenters. The van der Waals surface area contributed by atoms with E-state index in [1.807, 2.05) is 48.5 Å². The lowest BCUT2D eigenvalue weighted by molar-refractivity contribution is 0.484. The molecule has 13 rings (SSSR count). The third-order valence-corrected chi connectivity index (χ3v) is 14.4. The summed E-state index contributed by atoms with van der Waals surface area (Å²) in [6.07, 6.45) is 0. The molecule has 0 saturated carbocycles. The van der Waals surface area contributed by atoms with Crippen LogP contribution in [0.5, 0.6) is 46.0 Å². The molecule has 2 aliphatic heterocycles. The normalized spacial score (nSPS) is 11.7. The SMILES string of the molecule is Clc1ccc(Oc2cccc3c2-c2nc-3nc3[nH]c(nc4nc(nc5[nH]c(n2)c2cccc(Oc6ccc(Cl)cc6Cl)c52)-c2cccc(Oc5ccc(Cl)cc5Cl)c2-4)c2cccc(Oc4ccc(Cl)cc4Cl)c32)c(Cl)c1. The van der Waals surface area contributed by atoms with Crippen molar-refractivity contribution in [1.82, 2.24) is 39.9 Å². The van der Waals surface area contributed by atoms with E-state index in [0.717, 1.165) is 0 Å². The van der Waals surface area contributed by atoms with Crippen LogP contribution in [0.3, 0.4) is 0 Å². The molecule has 0 aliphatic carbocycles. The summed E-state index contributed by atoms with van der Waals surface area (Å²) >= 11 is 52.1. The molecule has 0 spiro atoms. The predicted octanol–water partition coefficient (Wildman–Crippen LogP) is 19.3. The summed E-state index contributed by atoms with van der Waals surface area (Å²) in [6, 6.07) is 41.9. The average molecular weight is 1160 g/mol. The van der Waals surface area contributed by atoms with E-state index in [4.69, 9.17) is 142 Å². The summed E-state index contributed by atoms with van der Waals surface area (Å²) < 4.78 is 26.3. The number of rotatable bonds is 8. The lowest BCUT2D eigenvalue weighted by Crippen LogP contribution is -1.91. The summed E-state index contributed by atoms with van der Waals surface area (Å²) in [5.74, 6) is 3.91. The Morgan fingerprint density at radius 2 is 0.605 bits per heavy atom. The van der Waals surface area contributed by atoms with Gasteiger partial charge in [0.2, 0.25) is 0 Å². The zero-order valence-corrected chi connectivity index (χ0v) is 44.2. The van der Waals surface area contributed by atoms with Gasteiger partial charge in [0, 0.05) is 42.0 Å². The Bertz CT molecular complexity index is 4180. The minimum atomic E-state index is 0.232. The molecule has 8 aromatic carbocycles. The van der Waals surface area contributed by atoms with Gasteiger partial charge in [-0.05, 0) is 97.1 Å². The number of hydrogen-bond donors (Lipinski definition) is 2. The van der Waals surface area contributed by atoms with Crippen molar-refractivity contribution >= 4 is 137 Å².